The number of nitrogens with zero attached hydrogens (tertiary/aromatic N) is 1. The van der Waals surface area contributed by atoms with Crippen molar-refractivity contribution in [3.8, 4) is 5.75 Å². The Bertz CT molecular complexity index is 472. The second-order valence-corrected chi connectivity index (χ2v) is 4.27. The van der Waals surface area contributed by atoms with Crippen LogP contribution < -0.4 is 4.74 Å². The van der Waals surface area contributed by atoms with E-state index in [9.17, 15) is 9.59 Å². The second kappa shape index (κ2) is 5.08. The van der Waals surface area contributed by atoms with Crippen molar-refractivity contribution in [2.24, 2.45) is 0 Å². The third kappa shape index (κ3) is 2.45. The molecule has 1 aliphatic heterocycles. The second-order valence-electron chi connectivity index (χ2n) is 4.27. The minimum atomic E-state index is -0.941. The molecular formula is C13H15NO4. The molecule has 96 valence electrons. The van der Waals surface area contributed by atoms with Crippen LogP contribution in [0.5, 0.6) is 5.75 Å². The quantitative estimate of drug-likeness (QED) is 0.872. The van der Waals surface area contributed by atoms with Gasteiger partial charge in [0.2, 0.25) is 5.91 Å². The number of rotatable bonds is 4. The Kier molecular flexibility index (Phi) is 3.50. The fraction of sp³-hybridized carbons (Fsp3) is 0.385. The molecule has 0 radical (unpaired) electrons. The molecule has 1 aromatic carbocycles. The fourth-order valence-corrected chi connectivity index (χ4v) is 2.16. The first-order valence-corrected chi connectivity index (χ1v) is 5.77. The highest BCUT2D eigenvalue weighted by Gasteiger charge is 2.35. The molecular weight excluding hydrogens is 234 g/mol. The normalized spacial score (nSPS) is 19.1. The Morgan fingerprint density at radius 1 is 1.56 bits per heavy atom. The number of carboxylic acid groups (broad SMARTS) is 1. The van der Waals surface area contributed by atoms with Crippen LogP contribution in [0.1, 0.15) is 18.4 Å². The number of hydrogen-bond donors (Lipinski definition) is 1. The lowest BCUT2D eigenvalue weighted by atomic mass is 10.1. The Hall–Kier alpha value is -2.04. The molecule has 1 atom stereocenters. The van der Waals surface area contributed by atoms with Gasteiger partial charge in [-0.2, -0.15) is 0 Å². The van der Waals surface area contributed by atoms with Crippen LogP contribution >= 0.6 is 0 Å². The zero-order valence-corrected chi connectivity index (χ0v) is 10.1. The Balaban J connectivity index is 2.16. The van der Waals surface area contributed by atoms with E-state index < -0.39 is 12.0 Å². The summed E-state index contributed by atoms with van der Waals surface area (Å²) in [4.78, 5) is 24.1. The Morgan fingerprint density at radius 2 is 2.33 bits per heavy atom. The van der Waals surface area contributed by atoms with E-state index in [1.165, 1.54) is 4.90 Å². The van der Waals surface area contributed by atoms with Gasteiger partial charge in [-0.1, -0.05) is 12.1 Å². The molecule has 2 rings (SSSR count). The van der Waals surface area contributed by atoms with E-state index in [2.05, 4.69) is 0 Å². The van der Waals surface area contributed by atoms with Gasteiger partial charge in [0.25, 0.3) is 0 Å². The summed E-state index contributed by atoms with van der Waals surface area (Å²) >= 11 is 0. The highest BCUT2D eigenvalue weighted by atomic mass is 16.5. The van der Waals surface area contributed by atoms with Crippen LogP contribution in [0.3, 0.4) is 0 Å². The van der Waals surface area contributed by atoms with Crippen LogP contribution in [0.2, 0.25) is 0 Å². The summed E-state index contributed by atoms with van der Waals surface area (Å²) in [6.45, 7) is 0.312. The maximum absolute atomic E-state index is 11.7. The van der Waals surface area contributed by atoms with Gasteiger partial charge in [0.05, 0.1) is 7.11 Å². The molecule has 1 fully saturated rings. The van der Waals surface area contributed by atoms with Gasteiger partial charge in [-0.3, -0.25) is 4.79 Å². The van der Waals surface area contributed by atoms with E-state index >= 15 is 0 Å². The van der Waals surface area contributed by atoms with E-state index in [0.29, 0.717) is 25.1 Å². The third-order valence-electron chi connectivity index (χ3n) is 3.10. The largest absolute Gasteiger partial charge is 0.497 e. The summed E-state index contributed by atoms with van der Waals surface area (Å²) in [5.74, 6) is -0.347. The first-order chi connectivity index (χ1) is 8.61. The highest BCUT2D eigenvalue weighted by molar-refractivity contribution is 5.87. The summed E-state index contributed by atoms with van der Waals surface area (Å²) in [6.07, 6.45) is 0.694. The predicted molar refractivity (Wildman–Crippen MR) is 64.2 cm³/mol. The van der Waals surface area contributed by atoms with E-state index in [1.54, 1.807) is 7.11 Å². The smallest absolute Gasteiger partial charge is 0.326 e. The van der Waals surface area contributed by atoms with Crippen molar-refractivity contribution in [1.82, 2.24) is 4.90 Å². The molecule has 18 heavy (non-hydrogen) atoms. The Morgan fingerprint density at radius 3 is 3.00 bits per heavy atom. The Labute approximate surface area is 105 Å². The van der Waals surface area contributed by atoms with E-state index in [1.807, 2.05) is 24.3 Å². The standard InChI is InChI=1S/C13H15NO4/c1-18-10-4-2-3-9(7-10)8-14-11(13(16)17)5-6-12(14)15/h2-4,7,11H,5-6,8H2,1H3,(H,16,17)/t11-/m0/s1. The lowest BCUT2D eigenvalue weighted by Gasteiger charge is -2.21. The van der Waals surface area contributed by atoms with Crippen LogP contribution in [0, 0.1) is 0 Å². The number of likely N-dealkylation sites (tertiary alicyclic amines) is 1. The zero-order chi connectivity index (χ0) is 13.1. The van der Waals surface area contributed by atoms with Gasteiger partial charge in [-0.25, -0.2) is 4.79 Å². The zero-order valence-electron chi connectivity index (χ0n) is 10.1. The number of carbonyl (C=O) groups excluding carboxylic acids is 1. The molecule has 0 spiro atoms. The van der Waals surface area contributed by atoms with Crippen molar-refractivity contribution in [2.75, 3.05) is 7.11 Å². The molecule has 0 saturated carbocycles. The monoisotopic (exact) mass is 249 g/mol. The molecule has 1 N–H and O–H groups in total. The van der Waals surface area contributed by atoms with Gasteiger partial charge in [-0.15, -0.1) is 0 Å². The van der Waals surface area contributed by atoms with Crippen molar-refractivity contribution < 1.29 is 19.4 Å². The van der Waals surface area contributed by atoms with Crippen molar-refractivity contribution in [2.45, 2.75) is 25.4 Å². The van der Waals surface area contributed by atoms with E-state index in [4.69, 9.17) is 9.84 Å². The molecule has 1 aromatic rings. The lowest BCUT2D eigenvalue weighted by molar-refractivity contribution is -0.146. The SMILES string of the molecule is COc1cccc(CN2C(=O)CC[C@H]2C(=O)O)c1. The predicted octanol–water partition coefficient (Wildman–Crippen LogP) is 1.27. The van der Waals surface area contributed by atoms with Crippen molar-refractivity contribution in [3.63, 3.8) is 0 Å². The number of ether oxygens (including phenoxy) is 1. The highest BCUT2D eigenvalue weighted by Crippen LogP contribution is 2.23. The molecule has 0 unspecified atom stereocenters. The summed E-state index contributed by atoms with van der Waals surface area (Å²) in [5, 5.41) is 9.06. The molecule has 1 saturated heterocycles. The molecule has 0 aliphatic carbocycles. The number of benzene rings is 1. The van der Waals surface area contributed by atoms with E-state index in [-0.39, 0.29) is 5.91 Å². The van der Waals surface area contributed by atoms with Crippen LogP contribution in [-0.4, -0.2) is 35.0 Å². The number of hydrogen-bond acceptors (Lipinski definition) is 3. The summed E-state index contributed by atoms with van der Waals surface area (Å²) < 4.78 is 5.10. The van der Waals surface area contributed by atoms with Gasteiger partial charge in [0.15, 0.2) is 0 Å². The number of methoxy groups -OCH3 is 1. The van der Waals surface area contributed by atoms with E-state index in [0.717, 1.165) is 5.56 Å². The molecule has 0 bridgehead atoms. The molecule has 1 amide bonds. The average Bonchev–Trinajstić information content (AvgIpc) is 2.71. The number of carbonyl (C=O) groups is 2. The topological polar surface area (TPSA) is 66.8 Å². The van der Waals surface area contributed by atoms with Crippen molar-refractivity contribution in [3.05, 3.63) is 29.8 Å². The first-order valence-electron chi connectivity index (χ1n) is 5.77. The minimum Gasteiger partial charge on any atom is -0.497 e. The summed E-state index contributed by atoms with van der Waals surface area (Å²) in [5.41, 5.74) is 0.871. The van der Waals surface area contributed by atoms with Crippen LogP contribution in [0.25, 0.3) is 0 Å². The summed E-state index contributed by atoms with van der Waals surface area (Å²) in [7, 11) is 1.57. The molecule has 5 heteroatoms. The third-order valence-corrected chi connectivity index (χ3v) is 3.10. The van der Waals surface area contributed by atoms with Crippen LogP contribution in [-0.2, 0) is 16.1 Å². The number of carboxylic acids is 1. The molecule has 1 heterocycles. The van der Waals surface area contributed by atoms with Crippen LogP contribution in [0.15, 0.2) is 24.3 Å². The molecule has 0 aromatic heterocycles. The van der Waals surface area contributed by atoms with Crippen molar-refractivity contribution >= 4 is 11.9 Å². The number of amides is 1. The molecule has 5 nitrogen and oxygen atoms in total. The maximum Gasteiger partial charge on any atom is 0.326 e. The average molecular weight is 249 g/mol. The fourth-order valence-electron chi connectivity index (χ4n) is 2.16. The first kappa shape index (κ1) is 12.4. The molecule has 1 aliphatic rings. The van der Waals surface area contributed by atoms with Crippen molar-refractivity contribution in [1.29, 1.82) is 0 Å². The summed E-state index contributed by atoms with van der Waals surface area (Å²) in [6, 6.07) is 6.59. The van der Waals surface area contributed by atoms with Crippen LogP contribution in [0.4, 0.5) is 0 Å². The van der Waals surface area contributed by atoms with Gasteiger partial charge < -0.3 is 14.7 Å². The van der Waals surface area contributed by atoms with Gasteiger partial charge >= 0.3 is 5.97 Å². The van der Waals surface area contributed by atoms with Gasteiger partial charge in [0.1, 0.15) is 11.8 Å². The maximum atomic E-state index is 11.7. The van der Waals surface area contributed by atoms with Gasteiger partial charge in [-0.05, 0) is 24.1 Å². The van der Waals surface area contributed by atoms with Gasteiger partial charge in [0, 0.05) is 13.0 Å². The minimum absolute atomic E-state index is 0.106. The lowest BCUT2D eigenvalue weighted by Crippen LogP contribution is -2.37. The number of aliphatic carboxylic acids is 1.